The molecular formula is C104H117ClF4N24O7Si2. The van der Waals surface area contributed by atoms with Crippen LogP contribution in [0.15, 0.2) is 259 Å². The molecule has 738 valence electrons. The van der Waals surface area contributed by atoms with Crippen molar-refractivity contribution in [2.45, 2.75) is 198 Å². The molecule has 0 spiro atoms. The van der Waals surface area contributed by atoms with Gasteiger partial charge in [0.2, 0.25) is 23.0 Å². The standard InChI is InChI=1S/C34H35FN6O2Si.C23H33NOSi.C18H19FN6O.C18H21FN6.C11H5ClFN5O.2H2O/c1-34(2,3)44(26-10-6-4-7-11-26,27-12-8-5-9-13-27)43-25-17-15-24(16-18-25)41-32-28(38-33(41)42)20-37-31(39-32)29-21-36-30-19-14-23(35)22-40(29)30;1-23(2,3)26(21-10-6-4-7-11-21,22-12-8-5-9-13-22)25-18-19-14-16-20(24)17-15-19;1-11-2-5-13(6-3-11)22-17-14(24-26)8-21-18(23-17)15-9-20-16-7-4-12(19)10-25(15)16;1-11-2-5-13(6-3-11)23-17-14(20)8-22-18(24-17)15-9-21-16-7-4-12(19)10-25(15)16;12-10-7(17-19)3-15-11(16-10)8-4-14-9-2-1-6(13)5-18(8)9;;/h4-14,19-22,24-25H,15-18H2,1-3H3,(H,38,42);4-13,19-20H,14-18,24H2,1-3H3;4,7-11,13H,2-3,5-6H2,1H3,(H,21,22,23,26);4,7-11,13H,2-3,5-6,20H2,1H3,(H,22,23,24);1-5H;2*1H2. The number of nitrogens with one attached hydrogen (secondary N) is 5. The number of hydrogen-bond donors (Lipinski definition) is 7. The number of nitrogens with two attached hydrogens (primary N) is 2. The van der Waals surface area contributed by atoms with Gasteiger partial charge in [0.25, 0.3) is 27.9 Å². The van der Waals surface area contributed by atoms with Crippen LogP contribution in [0.3, 0.4) is 0 Å². The molecule has 0 amide bonds. The van der Waals surface area contributed by atoms with Crippen LogP contribution < -0.4 is 57.3 Å². The Morgan fingerprint density at radius 3 is 1.39 bits per heavy atom. The topological polar surface area (TPSA) is 429 Å². The molecule has 31 nitrogen and oxygen atoms in total. The first-order valence-corrected chi connectivity index (χ1v) is 51.9. The molecule has 0 radical (unpaired) electrons. The molecule has 4 fully saturated rings. The van der Waals surface area contributed by atoms with Crippen molar-refractivity contribution < 1.29 is 46.2 Å². The van der Waals surface area contributed by atoms with E-state index in [4.69, 9.17) is 36.9 Å². The van der Waals surface area contributed by atoms with Crippen LogP contribution in [0, 0.1) is 50.8 Å². The summed E-state index contributed by atoms with van der Waals surface area (Å²) in [7, 11) is -5.06. The number of nitrogen functional groups attached to an aromatic ring is 1. The van der Waals surface area contributed by atoms with Crippen LogP contribution in [0.4, 0.5) is 46.3 Å². The second-order valence-corrected chi connectivity index (χ2v) is 47.8. The Balaban J connectivity index is 0.000000138. The van der Waals surface area contributed by atoms with Crippen LogP contribution in [-0.2, 0) is 8.85 Å². The third-order valence-electron chi connectivity index (χ3n) is 27.2. The summed E-state index contributed by atoms with van der Waals surface area (Å²) in [5, 5.41) is 17.7. The zero-order valence-corrected chi connectivity index (χ0v) is 83.1. The van der Waals surface area contributed by atoms with Gasteiger partial charge in [-0.25, -0.2) is 82.2 Å². The van der Waals surface area contributed by atoms with Crippen molar-refractivity contribution in [2.24, 2.45) is 33.8 Å². The average molecular weight is 1980 g/mol. The lowest BCUT2D eigenvalue weighted by Crippen LogP contribution is -2.67. The van der Waals surface area contributed by atoms with E-state index in [9.17, 15) is 32.2 Å². The monoisotopic (exact) mass is 1980 g/mol. The first-order valence-electron chi connectivity index (χ1n) is 47.7. The van der Waals surface area contributed by atoms with Gasteiger partial charge in [0, 0.05) is 61.4 Å². The van der Waals surface area contributed by atoms with E-state index in [1.165, 1.54) is 108 Å². The number of aromatic nitrogens is 18. The van der Waals surface area contributed by atoms with Gasteiger partial charge >= 0.3 is 5.69 Å². The summed E-state index contributed by atoms with van der Waals surface area (Å²) in [4.78, 5) is 87.2. The van der Waals surface area contributed by atoms with Gasteiger partial charge in [0.15, 0.2) is 57.1 Å². The molecule has 0 bridgehead atoms. The number of hydrogen-bond acceptors (Lipinski definition) is 23. The maximum Gasteiger partial charge on any atom is 0.327 e. The summed E-state index contributed by atoms with van der Waals surface area (Å²) in [6.07, 6.45) is 34.8. The lowest BCUT2D eigenvalue weighted by Gasteiger charge is -2.46. The number of benzene rings is 4. The molecule has 13 aromatic heterocycles. The van der Waals surface area contributed by atoms with Crippen molar-refractivity contribution in [3.63, 3.8) is 0 Å². The highest BCUT2D eigenvalue weighted by Crippen LogP contribution is 2.43. The van der Waals surface area contributed by atoms with Gasteiger partial charge in [0.05, 0.1) is 42.9 Å². The quantitative estimate of drug-likeness (QED) is 0.0122. The van der Waals surface area contributed by atoms with Crippen LogP contribution in [0.1, 0.15) is 164 Å². The van der Waals surface area contributed by atoms with E-state index in [2.05, 4.69) is 258 Å². The molecule has 142 heavy (non-hydrogen) atoms. The fourth-order valence-corrected chi connectivity index (χ4v) is 29.3. The molecule has 38 heteroatoms. The molecule has 4 aromatic carbocycles. The minimum absolute atomic E-state index is 0. The number of pyridine rings is 4. The second-order valence-electron chi connectivity index (χ2n) is 38.9. The SMILES string of the molecule is CC(C)(C)[Si](OC1CCC(n2c(=O)[nH]c3cnc(-c4cnc5ccc(F)cn45)nc32)CC1)(c1ccccc1)c1ccccc1.CC(C)(C)[Si](OCC1CCC(N)CC1)(c1ccccc1)c1ccccc1.CC1CCC(Nc2nc(-c3c[nH]c4ccc(F)c[n+]34)ncc2N=O)CC1.CC1CCC(Nc2nc(-c3cnc4ccc(F)cn34)ncc2N)CC1.O=Nc1cnc(-c2c[nH]c3ccc(F)c[n+]23)nc1Cl.[OH-].[OH-]. The van der Waals surface area contributed by atoms with E-state index < -0.39 is 22.5 Å². The molecule has 0 unspecified atom stereocenters. The molecule has 17 aromatic rings. The normalized spacial score (nSPS) is 18.3. The smallest absolute Gasteiger partial charge is 0.327 e. The second kappa shape index (κ2) is 44.9. The van der Waals surface area contributed by atoms with Gasteiger partial charge < -0.3 is 46.9 Å². The number of halogens is 5. The molecular weight excluding hydrogens is 1860 g/mol. The maximum atomic E-state index is 14.0. The Kier molecular flexibility index (Phi) is 32.4. The minimum atomic E-state index is -2.67. The average Bonchev–Trinajstić information content (AvgIpc) is 0.913. The summed E-state index contributed by atoms with van der Waals surface area (Å²) in [5.41, 5.74) is 18.7. The molecule has 0 aliphatic heterocycles. The fourth-order valence-electron chi connectivity index (χ4n) is 19.7. The molecule has 21 rings (SSSR count). The number of aromatic amines is 3. The Morgan fingerprint density at radius 1 is 0.486 bits per heavy atom. The predicted molar refractivity (Wildman–Crippen MR) is 546 cm³/mol. The van der Waals surface area contributed by atoms with Gasteiger partial charge in [-0.05, 0) is 198 Å². The van der Waals surface area contributed by atoms with Crippen molar-refractivity contribution in [2.75, 3.05) is 23.0 Å². The zero-order valence-electron chi connectivity index (χ0n) is 80.3. The van der Waals surface area contributed by atoms with E-state index in [1.807, 2.05) is 0 Å². The Hall–Kier alpha value is -13.9. The highest BCUT2D eigenvalue weighted by atomic mass is 35.5. The number of imidazole rings is 5. The summed E-state index contributed by atoms with van der Waals surface area (Å²) in [5.74, 6) is 3.25. The van der Waals surface area contributed by atoms with Crippen LogP contribution in [0.25, 0.3) is 79.8 Å². The first kappa shape index (κ1) is 102. The van der Waals surface area contributed by atoms with Crippen LogP contribution in [0.2, 0.25) is 15.2 Å². The number of fused-ring (bicyclic) bond motifs is 5. The Morgan fingerprint density at radius 2 is 0.915 bits per heavy atom. The molecule has 0 saturated heterocycles. The molecule has 11 N–H and O–H groups in total. The Labute approximate surface area is 825 Å². The first-order chi connectivity index (χ1) is 67.6. The number of H-pyrrole nitrogens is 3. The summed E-state index contributed by atoms with van der Waals surface area (Å²) >= 11 is 5.79. The van der Waals surface area contributed by atoms with Gasteiger partial charge in [-0.2, -0.15) is 8.80 Å². The number of nitroso groups, excluding NO2 is 2. The van der Waals surface area contributed by atoms with Crippen molar-refractivity contribution >= 4 is 111 Å². The molecule has 4 aliphatic carbocycles. The summed E-state index contributed by atoms with van der Waals surface area (Å²) in [6.45, 7) is 19.3. The predicted octanol–water partition coefficient (Wildman–Crippen LogP) is 19.0. The third-order valence-corrected chi connectivity index (χ3v) is 37.6. The van der Waals surface area contributed by atoms with Gasteiger partial charge in [-0.1, -0.05) is 188 Å². The lowest BCUT2D eigenvalue weighted by molar-refractivity contribution is -0.500. The van der Waals surface area contributed by atoms with Crippen LogP contribution >= 0.6 is 11.6 Å². The van der Waals surface area contributed by atoms with Crippen molar-refractivity contribution in [3.05, 3.63) is 293 Å². The lowest BCUT2D eigenvalue weighted by atomic mass is 9.87. The van der Waals surface area contributed by atoms with E-state index in [1.54, 1.807) is 83.6 Å². The maximum absolute atomic E-state index is 14.0. The Bertz CT molecular complexity index is 7150. The van der Waals surface area contributed by atoms with Crippen LogP contribution in [-0.4, -0.2) is 137 Å². The fraction of sp³-hybridized carbons (Fsp3) is 0.337. The molecule has 4 aliphatic rings. The summed E-state index contributed by atoms with van der Waals surface area (Å²) in [6, 6.07) is 56.2. The molecule has 4 saturated carbocycles. The van der Waals surface area contributed by atoms with Crippen LogP contribution in [0.5, 0.6) is 0 Å². The van der Waals surface area contributed by atoms with Gasteiger partial charge in [-0.15, -0.1) is 9.81 Å². The highest BCUT2D eigenvalue weighted by molar-refractivity contribution is 7.00. The number of anilines is 3. The van der Waals surface area contributed by atoms with Crippen molar-refractivity contribution in [1.82, 2.24) is 78.2 Å². The number of nitrogens with zero attached hydrogens (tertiary/aromatic N) is 17. The minimum Gasteiger partial charge on any atom is -0.870 e. The van der Waals surface area contributed by atoms with Crippen molar-refractivity contribution in [3.8, 4) is 46.1 Å². The largest absolute Gasteiger partial charge is 0.870 e. The van der Waals surface area contributed by atoms with E-state index >= 15 is 0 Å². The van der Waals surface area contributed by atoms with E-state index in [0.717, 1.165) is 101 Å². The zero-order chi connectivity index (χ0) is 98.0. The van der Waals surface area contributed by atoms with Crippen molar-refractivity contribution in [1.29, 1.82) is 0 Å². The summed E-state index contributed by atoms with van der Waals surface area (Å²) < 4.78 is 77.1. The molecule has 13 heterocycles. The highest BCUT2D eigenvalue weighted by Gasteiger charge is 2.53. The van der Waals surface area contributed by atoms with Gasteiger partial charge in [-0.3, -0.25) is 13.4 Å². The van der Waals surface area contributed by atoms with E-state index in [-0.39, 0.29) is 84.7 Å². The number of rotatable bonds is 20. The van der Waals surface area contributed by atoms with E-state index in [0.29, 0.717) is 104 Å². The third kappa shape index (κ3) is 22.7. The van der Waals surface area contributed by atoms with Gasteiger partial charge in [0.1, 0.15) is 64.6 Å². The molecule has 0 atom stereocenters.